The van der Waals surface area contributed by atoms with E-state index in [1.54, 1.807) is 23.0 Å². The maximum Gasteiger partial charge on any atom is 0.161 e. The number of hydrogen-bond donors (Lipinski definition) is 1. The van der Waals surface area contributed by atoms with Gasteiger partial charge in [0.1, 0.15) is 6.10 Å². The van der Waals surface area contributed by atoms with Gasteiger partial charge in [0.2, 0.25) is 0 Å². The Balaban J connectivity index is 2.29. The molecule has 1 aromatic heterocycles. The van der Waals surface area contributed by atoms with E-state index < -0.39 is 6.10 Å². The van der Waals surface area contributed by atoms with E-state index in [-0.39, 0.29) is 0 Å². The number of aliphatic hydroxyl groups excluding tert-OH is 1. The van der Waals surface area contributed by atoms with E-state index in [9.17, 15) is 5.11 Å². The zero-order chi connectivity index (χ0) is 14.5. The summed E-state index contributed by atoms with van der Waals surface area (Å²) >= 11 is 0. The third-order valence-corrected chi connectivity index (χ3v) is 2.90. The van der Waals surface area contributed by atoms with Gasteiger partial charge >= 0.3 is 0 Å². The fourth-order valence-electron chi connectivity index (χ4n) is 1.99. The molecule has 108 valence electrons. The van der Waals surface area contributed by atoms with Gasteiger partial charge in [-0.15, -0.1) is 0 Å². The molecule has 1 N–H and O–H groups in total. The molecule has 0 saturated carbocycles. The number of aryl methyl sites for hydroxylation is 1. The van der Waals surface area contributed by atoms with Crippen LogP contribution in [-0.2, 0) is 7.05 Å². The highest BCUT2D eigenvalue weighted by Gasteiger charge is 2.16. The zero-order valence-corrected chi connectivity index (χ0v) is 12.0. The number of hydrogen-bond acceptors (Lipinski definition) is 4. The van der Waals surface area contributed by atoms with Crippen LogP contribution in [0.1, 0.15) is 31.2 Å². The van der Waals surface area contributed by atoms with Crippen molar-refractivity contribution in [2.75, 3.05) is 13.2 Å². The molecule has 2 aromatic rings. The molecule has 1 aromatic carbocycles. The van der Waals surface area contributed by atoms with Crippen LogP contribution in [-0.4, -0.2) is 28.1 Å². The van der Waals surface area contributed by atoms with Crippen molar-refractivity contribution in [3.05, 3.63) is 41.7 Å². The van der Waals surface area contributed by atoms with E-state index in [0.717, 1.165) is 5.56 Å². The predicted molar refractivity (Wildman–Crippen MR) is 76.0 cm³/mol. The third kappa shape index (κ3) is 3.11. The summed E-state index contributed by atoms with van der Waals surface area (Å²) in [5, 5.41) is 14.6. The Bertz CT molecular complexity index is 566. The van der Waals surface area contributed by atoms with Crippen molar-refractivity contribution in [1.82, 2.24) is 9.78 Å². The Hall–Kier alpha value is -2.01. The fraction of sp³-hybridized carbons (Fsp3) is 0.400. The van der Waals surface area contributed by atoms with Gasteiger partial charge in [-0.05, 0) is 37.6 Å². The lowest BCUT2D eigenvalue weighted by Crippen LogP contribution is -2.04. The van der Waals surface area contributed by atoms with Crippen molar-refractivity contribution < 1.29 is 14.6 Å². The lowest BCUT2D eigenvalue weighted by Gasteiger charge is -2.14. The average Bonchev–Trinajstić information content (AvgIpc) is 2.87. The van der Waals surface area contributed by atoms with Crippen LogP contribution in [0.4, 0.5) is 0 Å². The molecule has 0 aliphatic heterocycles. The van der Waals surface area contributed by atoms with Crippen LogP contribution in [0.3, 0.4) is 0 Å². The molecular weight excluding hydrogens is 256 g/mol. The SMILES string of the molecule is CCOc1ccc(C(O)c2ccn(C)n2)cc1OCC. The second kappa shape index (κ2) is 6.43. The summed E-state index contributed by atoms with van der Waals surface area (Å²) in [5.41, 5.74) is 1.34. The molecule has 20 heavy (non-hydrogen) atoms. The first-order valence-corrected chi connectivity index (χ1v) is 6.72. The fourth-order valence-corrected chi connectivity index (χ4v) is 1.99. The first-order valence-electron chi connectivity index (χ1n) is 6.72. The first-order chi connectivity index (χ1) is 9.65. The molecule has 5 heteroatoms. The van der Waals surface area contributed by atoms with Gasteiger partial charge in [-0.2, -0.15) is 5.10 Å². The van der Waals surface area contributed by atoms with Crippen LogP contribution in [0.5, 0.6) is 11.5 Å². The molecule has 0 radical (unpaired) electrons. The zero-order valence-electron chi connectivity index (χ0n) is 12.0. The molecule has 1 atom stereocenters. The molecule has 0 saturated heterocycles. The number of aromatic nitrogens is 2. The van der Waals surface area contributed by atoms with E-state index in [1.165, 1.54) is 0 Å². The monoisotopic (exact) mass is 276 g/mol. The standard InChI is InChI=1S/C15H20N2O3/c1-4-19-13-7-6-11(10-14(13)20-5-2)15(18)12-8-9-17(3)16-12/h6-10,15,18H,4-5H2,1-3H3. The van der Waals surface area contributed by atoms with Gasteiger partial charge in [0.15, 0.2) is 11.5 Å². The largest absolute Gasteiger partial charge is 0.490 e. The lowest BCUT2D eigenvalue weighted by atomic mass is 10.1. The van der Waals surface area contributed by atoms with Crippen molar-refractivity contribution in [2.24, 2.45) is 7.05 Å². The molecule has 0 spiro atoms. The van der Waals surface area contributed by atoms with Crippen LogP contribution < -0.4 is 9.47 Å². The molecule has 2 rings (SSSR count). The summed E-state index contributed by atoms with van der Waals surface area (Å²) in [7, 11) is 1.82. The third-order valence-electron chi connectivity index (χ3n) is 2.90. The molecule has 0 aliphatic carbocycles. The van der Waals surface area contributed by atoms with Gasteiger partial charge in [-0.1, -0.05) is 6.07 Å². The minimum Gasteiger partial charge on any atom is -0.490 e. The van der Waals surface area contributed by atoms with Crippen LogP contribution >= 0.6 is 0 Å². The van der Waals surface area contributed by atoms with Crippen LogP contribution in [0.25, 0.3) is 0 Å². The quantitative estimate of drug-likeness (QED) is 0.879. The van der Waals surface area contributed by atoms with Crippen LogP contribution in [0.15, 0.2) is 30.5 Å². The normalized spacial score (nSPS) is 12.2. The van der Waals surface area contributed by atoms with E-state index in [1.807, 2.05) is 33.0 Å². The maximum absolute atomic E-state index is 10.3. The van der Waals surface area contributed by atoms with Crippen LogP contribution in [0, 0.1) is 0 Å². The molecular formula is C15H20N2O3. The van der Waals surface area contributed by atoms with Gasteiger partial charge < -0.3 is 14.6 Å². The smallest absolute Gasteiger partial charge is 0.161 e. The second-order valence-electron chi connectivity index (χ2n) is 4.39. The van der Waals surface area contributed by atoms with Gasteiger partial charge in [0.05, 0.1) is 18.9 Å². The van der Waals surface area contributed by atoms with Crippen molar-refractivity contribution >= 4 is 0 Å². The Morgan fingerprint density at radius 1 is 1.15 bits per heavy atom. The van der Waals surface area contributed by atoms with Crippen molar-refractivity contribution in [2.45, 2.75) is 20.0 Å². The van der Waals surface area contributed by atoms with E-state index >= 15 is 0 Å². The molecule has 0 bridgehead atoms. The minimum atomic E-state index is -0.772. The molecule has 0 fully saturated rings. The number of ether oxygens (including phenoxy) is 2. The molecule has 1 heterocycles. The van der Waals surface area contributed by atoms with Crippen molar-refractivity contribution in [1.29, 1.82) is 0 Å². The van der Waals surface area contributed by atoms with Crippen molar-refractivity contribution in [3.63, 3.8) is 0 Å². The topological polar surface area (TPSA) is 56.5 Å². The minimum absolute atomic E-state index is 0.545. The molecule has 1 unspecified atom stereocenters. The van der Waals surface area contributed by atoms with E-state index in [2.05, 4.69) is 5.10 Å². The van der Waals surface area contributed by atoms with Gasteiger partial charge in [0, 0.05) is 13.2 Å². The van der Waals surface area contributed by atoms with Gasteiger partial charge in [-0.3, -0.25) is 4.68 Å². The number of nitrogens with zero attached hydrogens (tertiary/aromatic N) is 2. The summed E-state index contributed by atoms with van der Waals surface area (Å²) in [6, 6.07) is 7.23. The summed E-state index contributed by atoms with van der Waals surface area (Å²) < 4.78 is 12.7. The van der Waals surface area contributed by atoms with E-state index in [4.69, 9.17) is 9.47 Å². The highest BCUT2D eigenvalue weighted by atomic mass is 16.5. The maximum atomic E-state index is 10.3. The van der Waals surface area contributed by atoms with Crippen LogP contribution in [0.2, 0.25) is 0 Å². The summed E-state index contributed by atoms with van der Waals surface area (Å²) in [5.74, 6) is 1.33. The Morgan fingerprint density at radius 2 is 1.85 bits per heavy atom. The van der Waals surface area contributed by atoms with Gasteiger partial charge in [-0.25, -0.2) is 0 Å². The first kappa shape index (κ1) is 14.4. The number of rotatable bonds is 6. The Kier molecular flexibility index (Phi) is 4.63. The summed E-state index contributed by atoms with van der Waals surface area (Å²) in [6.45, 7) is 4.95. The van der Waals surface area contributed by atoms with Gasteiger partial charge in [0.25, 0.3) is 0 Å². The molecule has 5 nitrogen and oxygen atoms in total. The summed E-state index contributed by atoms with van der Waals surface area (Å²) in [4.78, 5) is 0. The lowest BCUT2D eigenvalue weighted by molar-refractivity contribution is 0.213. The highest BCUT2D eigenvalue weighted by Crippen LogP contribution is 2.32. The molecule has 0 aliphatic rings. The van der Waals surface area contributed by atoms with Crippen molar-refractivity contribution in [3.8, 4) is 11.5 Å². The summed E-state index contributed by atoms with van der Waals surface area (Å²) in [6.07, 6.45) is 1.03. The Morgan fingerprint density at radius 3 is 2.45 bits per heavy atom. The number of benzene rings is 1. The number of aliphatic hydroxyl groups is 1. The average molecular weight is 276 g/mol. The predicted octanol–water partition coefficient (Wildman–Crippen LogP) is 2.30. The highest BCUT2D eigenvalue weighted by molar-refractivity contribution is 5.44. The Labute approximate surface area is 118 Å². The van der Waals surface area contributed by atoms with E-state index in [0.29, 0.717) is 30.4 Å². The second-order valence-corrected chi connectivity index (χ2v) is 4.39. The molecule has 0 amide bonds.